The number of carbonyl (C=O) groups is 1. The average molecular weight is 390 g/mol. The smallest absolute Gasteiger partial charge is 0.227 e. The molecule has 29 heavy (non-hydrogen) atoms. The molecule has 0 aliphatic rings. The minimum atomic E-state index is -0.309. The van der Waals surface area contributed by atoms with Crippen molar-refractivity contribution in [3.8, 4) is 11.3 Å². The van der Waals surface area contributed by atoms with Gasteiger partial charge in [0.05, 0.1) is 19.0 Å². The van der Waals surface area contributed by atoms with Gasteiger partial charge in [0, 0.05) is 24.1 Å². The van der Waals surface area contributed by atoms with Crippen molar-refractivity contribution in [2.24, 2.45) is 0 Å². The number of amides is 1. The molecule has 2 aromatic heterocycles. The van der Waals surface area contributed by atoms with Crippen molar-refractivity contribution in [2.45, 2.75) is 19.4 Å². The number of furan rings is 1. The van der Waals surface area contributed by atoms with Crippen molar-refractivity contribution >= 4 is 11.6 Å². The van der Waals surface area contributed by atoms with E-state index in [0.29, 0.717) is 30.4 Å². The fourth-order valence-corrected chi connectivity index (χ4v) is 3.01. The van der Waals surface area contributed by atoms with Gasteiger partial charge in [-0.15, -0.1) is 0 Å². The molecule has 0 aliphatic heterocycles. The lowest BCUT2D eigenvalue weighted by Gasteiger charge is -2.21. The largest absolute Gasteiger partial charge is 0.467 e. The molecule has 0 fully saturated rings. The second-order valence-electron chi connectivity index (χ2n) is 6.52. The fourth-order valence-electron chi connectivity index (χ4n) is 3.01. The third kappa shape index (κ3) is 4.60. The molecule has 4 aromatic rings. The number of hydrogen-bond acceptors (Lipinski definition) is 4. The third-order valence-electron chi connectivity index (χ3n) is 4.50. The summed E-state index contributed by atoms with van der Waals surface area (Å²) in [7, 11) is 0. The Morgan fingerprint density at radius 3 is 2.52 bits per heavy atom. The summed E-state index contributed by atoms with van der Waals surface area (Å²) in [5.74, 6) is 1.34. The molecule has 0 saturated heterocycles. The van der Waals surface area contributed by atoms with Crippen LogP contribution in [0.5, 0.6) is 0 Å². The molecule has 0 unspecified atom stereocenters. The lowest BCUT2D eigenvalue weighted by Crippen LogP contribution is -2.30. The Morgan fingerprint density at radius 2 is 1.79 bits per heavy atom. The molecule has 0 N–H and O–H groups in total. The van der Waals surface area contributed by atoms with Gasteiger partial charge in [0.15, 0.2) is 11.7 Å². The first-order valence-electron chi connectivity index (χ1n) is 9.27. The molecule has 0 atom stereocenters. The Hall–Kier alpha value is -3.67. The highest BCUT2D eigenvalue weighted by Gasteiger charge is 2.18. The maximum Gasteiger partial charge on any atom is 0.227 e. The molecule has 2 heterocycles. The average Bonchev–Trinajstić information content (AvgIpc) is 3.44. The van der Waals surface area contributed by atoms with Crippen molar-refractivity contribution in [1.82, 2.24) is 4.98 Å². The molecule has 0 spiro atoms. The maximum atomic E-state index is 13.1. The zero-order valence-corrected chi connectivity index (χ0v) is 15.6. The van der Waals surface area contributed by atoms with Crippen LogP contribution in [0.15, 0.2) is 88.0 Å². The Labute approximate surface area is 167 Å². The number of benzene rings is 2. The van der Waals surface area contributed by atoms with E-state index < -0.39 is 0 Å². The highest BCUT2D eigenvalue weighted by molar-refractivity contribution is 5.93. The predicted octanol–water partition coefficient (Wildman–Crippen LogP) is 5.24. The summed E-state index contributed by atoms with van der Waals surface area (Å²) in [6.45, 7) is 0.349. The third-order valence-corrected chi connectivity index (χ3v) is 4.50. The first-order valence-corrected chi connectivity index (χ1v) is 9.27. The standard InChI is InChI=1S/C23H19FN2O3/c24-18-10-8-17(9-11-18)21-15-25-22(29-21)12-13-23(27)26(16-20-7-4-14-28-20)19-5-2-1-3-6-19/h1-11,14-15H,12-13,16H2. The van der Waals surface area contributed by atoms with Crippen LogP contribution in [-0.2, 0) is 17.8 Å². The van der Waals surface area contributed by atoms with E-state index in [4.69, 9.17) is 8.83 Å². The van der Waals surface area contributed by atoms with Gasteiger partial charge in [-0.05, 0) is 48.5 Å². The summed E-state index contributed by atoms with van der Waals surface area (Å²) in [5.41, 5.74) is 1.54. The molecule has 2 aromatic carbocycles. The van der Waals surface area contributed by atoms with Crippen molar-refractivity contribution in [2.75, 3.05) is 4.90 Å². The zero-order valence-electron chi connectivity index (χ0n) is 15.6. The minimum absolute atomic E-state index is 0.0610. The molecule has 0 radical (unpaired) electrons. The van der Waals surface area contributed by atoms with Crippen LogP contribution in [0.2, 0.25) is 0 Å². The van der Waals surface area contributed by atoms with Crippen molar-refractivity contribution < 1.29 is 18.0 Å². The Balaban J connectivity index is 1.45. The minimum Gasteiger partial charge on any atom is -0.467 e. The summed E-state index contributed by atoms with van der Waals surface area (Å²) in [6, 6.07) is 19.1. The van der Waals surface area contributed by atoms with Crippen LogP contribution < -0.4 is 4.90 Å². The number of anilines is 1. The second kappa shape index (κ2) is 8.56. The molecule has 146 valence electrons. The van der Waals surface area contributed by atoms with Crippen molar-refractivity contribution in [3.05, 3.63) is 96.7 Å². The number of carbonyl (C=O) groups excluding carboxylic acids is 1. The number of aryl methyl sites for hydroxylation is 1. The Morgan fingerprint density at radius 1 is 1.00 bits per heavy atom. The first kappa shape index (κ1) is 18.7. The van der Waals surface area contributed by atoms with Crippen molar-refractivity contribution in [3.63, 3.8) is 0 Å². The number of oxazole rings is 1. The Kier molecular flexibility index (Phi) is 5.52. The normalized spacial score (nSPS) is 10.8. The quantitative estimate of drug-likeness (QED) is 0.433. The number of hydrogen-bond donors (Lipinski definition) is 0. The highest BCUT2D eigenvalue weighted by Crippen LogP contribution is 2.22. The van der Waals surface area contributed by atoms with Crippen LogP contribution in [0, 0.1) is 5.82 Å². The van der Waals surface area contributed by atoms with Gasteiger partial charge in [0.1, 0.15) is 11.6 Å². The summed E-state index contributed by atoms with van der Waals surface area (Å²) >= 11 is 0. The molecule has 5 nitrogen and oxygen atoms in total. The second-order valence-corrected chi connectivity index (χ2v) is 6.52. The molecule has 6 heteroatoms. The summed E-state index contributed by atoms with van der Waals surface area (Å²) in [6.07, 6.45) is 3.78. The molecular weight excluding hydrogens is 371 g/mol. The van der Waals surface area contributed by atoms with Gasteiger partial charge in [0.2, 0.25) is 5.91 Å². The molecule has 0 bridgehead atoms. The molecule has 1 amide bonds. The number of para-hydroxylation sites is 1. The van der Waals surface area contributed by atoms with E-state index in [9.17, 15) is 9.18 Å². The maximum absolute atomic E-state index is 13.1. The van der Waals surface area contributed by atoms with Crippen LogP contribution in [0.25, 0.3) is 11.3 Å². The monoisotopic (exact) mass is 390 g/mol. The van der Waals surface area contributed by atoms with Crippen LogP contribution in [0.3, 0.4) is 0 Å². The van der Waals surface area contributed by atoms with E-state index in [0.717, 1.165) is 11.3 Å². The van der Waals surface area contributed by atoms with Gasteiger partial charge in [-0.2, -0.15) is 0 Å². The van der Waals surface area contributed by atoms with E-state index in [1.807, 2.05) is 36.4 Å². The van der Waals surface area contributed by atoms with Crippen LogP contribution in [0.1, 0.15) is 18.1 Å². The molecule has 0 aliphatic carbocycles. The van der Waals surface area contributed by atoms with E-state index in [-0.39, 0.29) is 18.1 Å². The van der Waals surface area contributed by atoms with Gasteiger partial charge in [-0.3, -0.25) is 4.79 Å². The zero-order chi connectivity index (χ0) is 20.1. The molecular formula is C23H19FN2O3. The topological polar surface area (TPSA) is 59.5 Å². The lowest BCUT2D eigenvalue weighted by molar-refractivity contribution is -0.118. The molecule has 4 rings (SSSR count). The van der Waals surface area contributed by atoms with E-state index >= 15 is 0 Å². The fraction of sp³-hybridized carbons (Fsp3) is 0.130. The molecule has 0 saturated carbocycles. The van der Waals surface area contributed by atoms with Crippen LogP contribution >= 0.6 is 0 Å². The van der Waals surface area contributed by atoms with E-state index in [1.165, 1.54) is 12.1 Å². The van der Waals surface area contributed by atoms with Gasteiger partial charge in [-0.25, -0.2) is 9.37 Å². The van der Waals surface area contributed by atoms with Gasteiger partial charge in [0.25, 0.3) is 0 Å². The highest BCUT2D eigenvalue weighted by atomic mass is 19.1. The van der Waals surface area contributed by atoms with Crippen LogP contribution in [0.4, 0.5) is 10.1 Å². The predicted molar refractivity (Wildman–Crippen MR) is 107 cm³/mol. The lowest BCUT2D eigenvalue weighted by atomic mass is 10.2. The van der Waals surface area contributed by atoms with Crippen molar-refractivity contribution in [1.29, 1.82) is 0 Å². The number of rotatable bonds is 7. The summed E-state index contributed by atoms with van der Waals surface area (Å²) < 4.78 is 24.2. The van der Waals surface area contributed by atoms with Crippen LogP contribution in [-0.4, -0.2) is 10.9 Å². The number of halogens is 1. The van der Waals surface area contributed by atoms with Gasteiger partial charge in [-0.1, -0.05) is 18.2 Å². The Bertz CT molecular complexity index is 1060. The summed E-state index contributed by atoms with van der Waals surface area (Å²) in [5, 5.41) is 0. The number of nitrogens with zero attached hydrogens (tertiary/aromatic N) is 2. The first-order chi connectivity index (χ1) is 14.2. The number of aromatic nitrogens is 1. The van der Waals surface area contributed by atoms with E-state index in [1.54, 1.807) is 35.6 Å². The van der Waals surface area contributed by atoms with E-state index in [2.05, 4.69) is 4.98 Å². The van der Waals surface area contributed by atoms with Gasteiger partial charge < -0.3 is 13.7 Å². The SMILES string of the molecule is O=C(CCc1ncc(-c2ccc(F)cc2)o1)N(Cc1ccco1)c1ccccc1. The van der Waals surface area contributed by atoms with Gasteiger partial charge >= 0.3 is 0 Å². The summed E-state index contributed by atoms with van der Waals surface area (Å²) in [4.78, 5) is 18.9.